The summed E-state index contributed by atoms with van der Waals surface area (Å²) in [6.07, 6.45) is 3.30. The number of nitrogens with zero attached hydrogens (tertiary/aromatic N) is 1. The molecule has 0 aliphatic rings. The molecule has 3 rings (SSSR count). The molecule has 0 amide bonds. The number of aromatic hydroxyl groups is 1. The number of oxazole rings is 1. The van der Waals surface area contributed by atoms with Gasteiger partial charge in [-0.3, -0.25) is 0 Å². The molecule has 25 heavy (non-hydrogen) atoms. The van der Waals surface area contributed by atoms with Crippen molar-refractivity contribution in [2.75, 3.05) is 6.61 Å². The maximum atomic E-state index is 9.75. The molecule has 3 aromatic rings. The number of hydrogen-bond acceptors (Lipinski definition) is 4. The van der Waals surface area contributed by atoms with Crippen LogP contribution in [0.4, 0.5) is 0 Å². The molecule has 1 aromatic heterocycles. The third kappa shape index (κ3) is 4.16. The lowest BCUT2D eigenvalue weighted by Gasteiger charge is -2.06. The topological polar surface area (TPSA) is 55.5 Å². The smallest absolute Gasteiger partial charge is 0.238 e. The van der Waals surface area contributed by atoms with Gasteiger partial charge in [0.25, 0.3) is 0 Å². The van der Waals surface area contributed by atoms with Crippen LogP contribution < -0.4 is 4.74 Å². The van der Waals surface area contributed by atoms with Crippen LogP contribution in [0.3, 0.4) is 0 Å². The molecule has 0 atom stereocenters. The molecular weight excluding hydrogens is 361 g/mol. The first-order valence-electron chi connectivity index (χ1n) is 7.62. The molecule has 0 saturated carbocycles. The van der Waals surface area contributed by atoms with Crippen LogP contribution in [-0.2, 0) is 0 Å². The van der Waals surface area contributed by atoms with Crippen LogP contribution in [0.1, 0.15) is 18.4 Å². The molecule has 0 radical (unpaired) electrons. The Morgan fingerprint density at radius 3 is 2.72 bits per heavy atom. The zero-order valence-electron chi connectivity index (χ0n) is 13.4. The van der Waals surface area contributed by atoms with Gasteiger partial charge in [0.1, 0.15) is 5.03 Å². The number of benzene rings is 2. The van der Waals surface area contributed by atoms with Gasteiger partial charge in [0.2, 0.25) is 5.89 Å². The van der Waals surface area contributed by atoms with E-state index in [1.165, 1.54) is 0 Å². The SMILES string of the molecule is CCOc1cc(/C=C(\Cl)c2ncc(-c3ccc(Cl)cc3)o2)ccc1O. The first-order valence-corrected chi connectivity index (χ1v) is 8.37. The molecule has 0 aliphatic heterocycles. The van der Waals surface area contributed by atoms with E-state index < -0.39 is 0 Å². The quantitative estimate of drug-likeness (QED) is 0.608. The highest BCUT2D eigenvalue weighted by atomic mass is 35.5. The van der Waals surface area contributed by atoms with Gasteiger partial charge in [-0.1, -0.05) is 29.3 Å². The number of phenolic OH excluding ortho intramolecular Hbond substituents is 1. The van der Waals surface area contributed by atoms with Crippen molar-refractivity contribution in [2.45, 2.75) is 6.92 Å². The average molecular weight is 376 g/mol. The summed E-state index contributed by atoms with van der Waals surface area (Å²) in [7, 11) is 0. The first-order chi connectivity index (χ1) is 12.1. The second kappa shape index (κ2) is 7.64. The van der Waals surface area contributed by atoms with Crippen molar-refractivity contribution in [3.63, 3.8) is 0 Å². The van der Waals surface area contributed by atoms with Crippen LogP contribution in [-0.4, -0.2) is 16.7 Å². The second-order valence-corrected chi connectivity index (χ2v) is 6.03. The Hall–Kier alpha value is -2.43. The highest BCUT2D eigenvalue weighted by molar-refractivity contribution is 6.50. The van der Waals surface area contributed by atoms with Gasteiger partial charge in [0.15, 0.2) is 17.3 Å². The van der Waals surface area contributed by atoms with E-state index in [2.05, 4.69) is 4.98 Å². The van der Waals surface area contributed by atoms with Crippen molar-refractivity contribution in [3.05, 3.63) is 65.1 Å². The molecule has 1 heterocycles. The molecule has 128 valence electrons. The van der Waals surface area contributed by atoms with Crippen molar-refractivity contribution in [3.8, 4) is 22.8 Å². The van der Waals surface area contributed by atoms with Crippen molar-refractivity contribution < 1.29 is 14.3 Å². The molecule has 2 aromatic carbocycles. The average Bonchev–Trinajstić information content (AvgIpc) is 3.09. The van der Waals surface area contributed by atoms with Gasteiger partial charge in [0.05, 0.1) is 12.8 Å². The van der Waals surface area contributed by atoms with E-state index in [4.69, 9.17) is 32.4 Å². The highest BCUT2D eigenvalue weighted by Crippen LogP contribution is 2.31. The Kier molecular flexibility index (Phi) is 5.31. The zero-order chi connectivity index (χ0) is 17.8. The molecule has 0 fully saturated rings. The molecular formula is C19H15Cl2NO3. The molecule has 4 nitrogen and oxygen atoms in total. The maximum Gasteiger partial charge on any atom is 0.238 e. The Morgan fingerprint density at radius 1 is 1.24 bits per heavy atom. The van der Waals surface area contributed by atoms with Crippen LogP contribution in [0.25, 0.3) is 22.4 Å². The Bertz CT molecular complexity index is 901. The lowest BCUT2D eigenvalue weighted by atomic mass is 10.2. The van der Waals surface area contributed by atoms with Crippen LogP contribution in [0.5, 0.6) is 11.5 Å². The summed E-state index contributed by atoms with van der Waals surface area (Å²) in [6, 6.07) is 12.2. The van der Waals surface area contributed by atoms with Gasteiger partial charge < -0.3 is 14.3 Å². The first kappa shape index (κ1) is 17.4. The van der Waals surface area contributed by atoms with E-state index in [0.29, 0.717) is 34.1 Å². The summed E-state index contributed by atoms with van der Waals surface area (Å²) >= 11 is 12.2. The van der Waals surface area contributed by atoms with Crippen LogP contribution >= 0.6 is 23.2 Å². The fourth-order valence-electron chi connectivity index (χ4n) is 2.23. The summed E-state index contributed by atoms with van der Waals surface area (Å²) in [5.41, 5.74) is 1.62. The van der Waals surface area contributed by atoms with E-state index in [1.54, 1.807) is 42.6 Å². The van der Waals surface area contributed by atoms with Crippen molar-refractivity contribution in [2.24, 2.45) is 0 Å². The minimum atomic E-state index is 0.0799. The van der Waals surface area contributed by atoms with Gasteiger partial charge >= 0.3 is 0 Å². The fraction of sp³-hybridized carbons (Fsp3) is 0.105. The minimum absolute atomic E-state index is 0.0799. The normalized spacial score (nSPS) is 11.6. The number of aromatic nitrogens is 1. The van der Waals surface area contributed by atoms with Gasteiger partial charge in [0, 0.05) is 10.6 Å². The number of phenols is 1. The van der Waals surface area contributed by atoms with E-state index in [-0.39, 0.29) is 5.75 Å². The summed E-state index contributed by atoms with van der Waals surface area (Å²) in [4.78, 5) is 4.21. The number of rotatable bonds is 5. The molecule has 1 N–H and O–H groups in total. The largest absolute Gasteiger partial charge is 0.504 e. The van der Waals surface area contributed by atoms with Crippen LogP contribution in [0, 0.1) is 0 Å². The number of hydrogen-bond donors (Lipinski definition) is 1. The molecule has 0 bridgehead atoms. The molecule has 6 heteroatoms. The predicted octanol–water partition coefficient (Wildman–Crippen LogP) is 5.84. The lowest BCUT2D eigenvalue weighted by molar-refractivity contribution is 0.318. The molecule has 0 aliphatic carbocycles. The van der Waals surface area contributed by atoms with E-state index in [0.717, 1.165) is 11.1 Å². The van der Waals surface area contributed by atoms with E-state index in [9.17, 15) is 5.11 Å². The van der Waals surface area contributed by atoms with Gasteiger partial charge in [-0.05, 0) is 55.0 Å². The molecule has 0 saturated heterocycles. The fourth-order valence-corrected chi connectivity index (χ4v) is 2.57. The molecule has 0 spiro atoms. The van der Waals surface area contributed by atoms with Gasteiger partial charge in [-0.2, -0.15) is 0 Å². The van der Waals surface area contributed by atoms with Crippen LogP contribution in [0.2, 0.25) is 5.02 Å². The summed E-state index contributed by atoms with van der Waals surface area (Å²) in [5.74, 6) is 1.38. The molecule has 0 unspecified atom stereocenters. The number of halogens is 2. The minimum Gasteiger partial charge on any atom is -0.504 e. The van der Waals surface area contributed by atoms with Gasteiger partial charge in [-0.25, -0.2) is 4.98 Å². The van der Waals surface area contributed by atoms with Crippen molar-refractivity contribution in [1.82, 2.24) is 4.98 Å². The van der Waals surface area contributed by atoms with Gasteiger partial charge in [-0.15, -0.1) is 0 Å². The lowest BCUT2D eigenvalue weighted by Crippen LogP contribution is -1.92. The Morgan fingerprint density at radius 2 is 2.00 bits per heavy atom. The number of ether oxygens (including phenoxy) is 1. The third-order valence-electron chi connectivity index (χ3n) is 3.42. The summed E-state index contributed by atoms with van der Waals surface area (Å²) in [6.45, 7) is 2.30. The zero-order valence-corrected chi connectivity index (χ0v) is 14.9. The second-order valence-electron chi connectivity index (χ2n) is 5.19. The van der Waals surface area contributed by atoms with Crippen molar-refractivity contribution >= 4 is 34.3 Å². The van der Waals surface area contributed by atoms with E-state index >= 15 is 0 Å². The summed E-state index contributed by atoms with van der Waals surface area (Å²) in [5, 5.41) is 10.7. The summed E-state index contributed by atoms with van der Waals surface area (Å²) < 4.78 is 11.1. The monoisotopic (exact) mass is 375 g/mol. The maximum absolute atomic E-state index is 9.75. The Labute approximate surface area is 155 Å². The standard InChI is InChI=1S/C19H15Cl2NO3/c1-2-24-17-10-12(3-8-16(17)23)9-15(21)19-22-11-18(25-19)13-4-6-14(20)7-5-13/h3-11,23H,2H2,1H3/b15-9-. The van der Waals surface area contributed by atoms with Crippen molar-refractivity contribution in [1.29, 1.82) is 0 Å². The van der Waals surface area contributed by atoms with E-state index in [1.807, 2.05) is 19.1 Å². The predicted molar refractivity (Wildman–Crippen MR) is 99.9 cm³/mol. The highest BCUT2D eigenvalue weighted by Gasteiger charge is 2.10. The van der Waals surface area contributed by atoms with Crippen LogP contribution in [0.15, 0.2) is 53.1 Å². The Balaban J connectivity index is 1.86. The third-order valence-corrected chi connectivity index (χ3v) is 3.94.